The van der Waals surface area contributed by atoms with Gasteiger partial charge in [0.1, 0.15) is 5.58 Å². The average Bonchev–Trinajstić information content (AvgIpc) is 3.53. The Hall–Kier alpha value is -6.45. The molecule has 9 rings (SSSR count). The maximum atomic E-state index is 6.47. The van der Waals surface area contributed by atoms with Gasteiger partial charge in [0.05, 0.1) is 29.2 Å². The lowest BCUT2D eigenvalue weighted by atomic mass is 9.99. The fraction of sp³-hybridized carbons (Fsp3) is 0. The van der Waals surface area contributed by atoms with Crippen LogP contribution in [0.1, 0.15) is 0 Å². The van der Waals surface area contributed by atoms with Crippen LogP contribution in [-0.4, -0.2) is 4.98 Å². The van der Waals surface area contributed by atoms with Gasteiger partial charge in [-0.3, -0.25) is 4.98 Å². The minimum absolute atomic E-state index is 0.759. The maximum Gasteiger partial charge on any atom is 0.155 e. The van der Waals surface area contributed by atoms with E-state index in [0.717, 1.165) is 61.1 Å². The molecule has 226 valence electrons. The van der Waals surface area contributed by atoms with Crippen LogP contribution in [0.15, 0.2) is 187 Å². The number of rotatable bonds is 6. The Kier molecular flexibility index (Phi) is 6.80. The van der Waals surface area contributed by atoms with Crippen LogP contribution < -0.4 is 4.90 Å². The Bertz CT molecular complexity index is 2540. The van der Waals surface area contributed by atoms with Gasteiger partial charge in [-0.1, -0.05) is 140 Å². The highest BCUT2D eigenvalue weighted by Crippen LogP contribution is 2.46. The number of aromatic nitrogens is 1. The van der Waals surface area contributed by atoms with E-state index < -0.39 is 0 Å². The summed E-state index contributed by atoms with van der Waals surface area (Å²) in [5.41, 5.74) is 11.7. The minimum atomic E-state index is 0.759. The molecular weight excluding hydrogens is 585 g/mol. The van der Waals surface area contributed by atoms with Crippen molar-refractivity contribution in [3.8, 4) is 33.4 Å². The fourth-order valence-corrected chi connectivity index (χ4v) is 6.79. The summed E-state index contributed by atoms with van der Waals surface area (Å²) in [6.07, 6.45) is 3.79. The van der Waals surface area contributed by atoms with Crippen molar-refractivity contribution in [2.75, 3.05) is 4.90 Å². The van der Waals surface area contributed by atoms with E-state index in [1.807, 2.05) is 12.4 Å². The Labute approximate surface area is 279 Å². The molecule has 0 saturated carbocycles. The zero-order chi connectivity index (χ0) is 31.9. The number of anilines is 3. The summed E-state index contributed by atoms with van der Waals surface area (Å²) in [6, 6.07) is 60.1. The summed E-state index contributed by atoms with van der Waals surface area (Å²) >= 11 is 0. The highest BCUT2D eigenvalue weighted by molar-refractivity contribution is 6.16. The summed E-state index contributed by atoms with van der Waals surface area (Å²) in [6.45, 7) is 0. The van der Waals surface area contributed by atoms with Gasteiger partial charge in [-0.05, 0) is 68.9 Å². The standard InChI is InChI=1S/C45H30N2O/c1-3-11-31(12-4-1)32-19-21-33(22-20-32)34-23-25-38(26-24-34)47(41-18-10-9-17-39(41)35-13-5-2-6-14-35)42-29-46-30-44-45(42)40-27-36-15-7-8-16-37(36)28-43(40)48-44/h1-30H. The number of fused-ring (bicyclic) bond motifs is 4. The van der Waals surface area contributed by atoms with Gasteiger partial charge in [0.2, 0.25) is 0 Å². The van der Waals surface area contributed by atoms with Crippen molar-refractivity contribution in [2.24, 2.45) is 0 Å². The molecule has 0 unspecified atom stereocenters. The van der Waals surface area contributed by atoms with E-state index >= 15 is 0 Å². The van der Waals surface area contributed by atoms with E-state index in [9.17, 15) is 0 Å². The molecule has 0 atom stereocenters. The van der Waals surface area contributed by atoms with Gasteiger partial charge in [0.15, 0.2) is 5.58 Å². The predicted octanol–water partition coefficient (Wildman–Crippen LogP) is 12.6. The highest BCUT2D eigenvalue weighted by atomic mass is 16.3. The van der Waals surface area contributed by atoms with Crippen molar-refractivity contribution in [3.63, 3.8) is 0 Å². The first kappa shape index (κ1) is 27.8. The number of para-hydroxylation sites is 1. The molecule has 0 aliphatic carbocycles. The molecule has 0 fully saturated rings. The Morgan fingerprint density at radius 3 is 1.65 bits per heavy atom. The van der Waals surface area contributed by atoms with Gasteiger partial charge in [0, 0.05) is 16.6 Å². The van der Waals surface area contributed by atoms with Crippen LogP contribution in [0.5, 0.6) is 0 Å². The van der Waals surface area contributed by atoms with E-state index in [1.54, 1.807) is 0 Å². The van der Waals surface area contributed by atoms with Crippen LogP contribution in [0, 0.1) is 0 Å². The van der Waals surface area contributed by atoms with Crippen LogP contribution >= 0.6 is 0 Å². The SMILES string of the molecule is c1ccc(-c2ccc(-c3ccc(N(c4ccccc4-c4ccccc4)c4cncc5oc6cc7ccccc7cc6c45)cc3)cc2)cc1. The number of nitrogens with zero attached hydrogens (tertiary/aromatic N) is 2. The lowest BCUT2D eigenvalue weighted by Crippen LogP contribution is -2.12. The summed E-state index contributed by atoms with van der Waals surface area (Å²) in [7, 11) is 0. The first-order valence-corrected chi connectivity index (χ1v) is 16.2. The van der Waals surface area contributed by atoms with Crippen molar-refractivity contribution >= 4 is 49.8 Å². The number of pyridine rings is 1. The lowest BCUT2D eigenvalue weighted by molar-refractivity contribution is 0.667. The second-order valence-electron chi connectivity index (χ2n) is 12.0. The molecule has 0 aliphatic heterocycles. The van der Waals surface area contributed by atoms with E-state index in [-0.39, 0.29) is 0 Å². The molecule has 0 N–H and O–H groups in total. The molecule has 2 heterocycles. The predicted molar refractivity (Wildman–Crippen MR) is 200 cm³/mol. The van der Waals surface area contributed by atoms with E-state index in [1.165, 1.54) is 22.1 Å². The molecule has 0 bridgehead atoms. The monoisotopic (exact) mass is 614 g/mol. The molecular formula is C45H30N2O. The second kappa shape index (κ2) is 11.7. The Morgan fingerprint density at radius 2 is 0.958 bits per heavy atom. The zero-order valence-electron chi connectivity index (χ0n) is 26.1. The second-order valence-corrected chi connectivity index (χ2v) is 12.0. The molecule has 0 saturated heterocycles. The lowest BCUT2D eigenvalue weighted by Gasteiger charge is -2.28. The fourth-order valence-electron chi connectivity index (χ4n) is 6.79. The van der Waals surface area contributed by atoms with Crippen molar-refractivity contribution < 1.29 is 4.42 Å². The molecule has 48 heavy (non-hydrogen) atoms. The van der Waals surface area contributed by atoms with Crippen LogP contribution in [0.25, 0.3) is 66.1 Å². The summed E-state index contributed by atoms with van der Waals surface area (Å²) in [5, 5.41) is 4.43. The number of furan rings is 1. The van der Waals surface area contributed by atoms with Gasteiger partial charge >= 0.3 is 0 Å². The average molecular weight is 615 g/mol. The summed E-state index contributed by atoms with van der Waals surface area (Å²) in [5.74, 6) is 0. The van der Waals surface area contributed by atoms with Crippen LogP contribution in [-0.2, 0) is 0 Å². The number of benzene rings is 7. The van der Waals surface area contributed by atoms with Crippen LogP contribution in [0.4, 0.5) is 17.1 Å². The van der Waals surface area contributed by atoms with Gasteiger partial charge in [-0.15, -0.1) is 0 Å². The first-order chi connectivity index (χ1) is 23.8. The molecule has 3 nitrogen and oxygen atoms in total. The third-order valence-corrected chi connectivity index (χ3v) is 9.15. The van der Waals surface area contributed by atoms with E-state index in [4.69, 9.17) is 9.40 Å². The smallest absolute Gasteiger partial charge is 0.155 e. The van der Waals surface area contributed by atoms with Crippen molar-refractivity contribution in [3.05, 3.63) is 182 Å². The van der Waals surface area contributed by atoms with Gasteiger partial charge < -0.3 is 9.32 Å². The Morgan fingerprint density at radius 1 is 0.417 bits per heavy atom. The molecule has 2 aromatic heterocycles. The van der Waals surface area contributed by atoms with Crippen molar-refractivity contribution in [1.29, 1.82) is 0 Å². The molecule has 9 aromatic rings. The van der Waals surface area contributed by atoms with Crippen molar-refractivity contribution in [1.82, 2.24) is 4.98 Å². The molecule has 7 aromatic carbocycles. The van der Waals surface area contributed by atoms with E-state index in [0.29, 0.717) is 0 Å². The maximum absolute atomic E-state index is 6.47. The third-order valence-electron chi connectivity index (χ3n) is 9.15. The van der Waals surface area contributed by atoms with E-state index in [2.05, 4.69) is 175 Å². The third kappa shape index (κ3) is 4.90. The zero-order valence-corrected chi connectivity index (χ0v) is 26.1. The van der Waals surface area contributed by atoms with Gasteiger partial charge in [-0.2, -0.15) is 0 Å². The number of hydrogen-bond acceptors (Lipinski definition) is 3. The molecule has 0 radical (unpaired) electrons. The van der Waals surface area contributed by atoms with Gasteiger partial charge in [0.25, 0.3) is 0 Å². The first-order valence-electron chi connectivity index (χ1n) is 16.2. The Balaban J connectivity index is 1.22. The topological polar surface area (TPSA) is 29.3 Å². The molecule has 0 aliphatic rings. The number of hydrogen-bond donors (Lipinski definition) is 0. The minimum Gasteiger partial charge on any atom is -0.454 e. The van der Waals surface area contributed by atoms with Gasteiger partial charge in [-0.25, -0.2) is 0 Å². The largest absolute Gasteiger partial charge is 0.454 e. The summed E-state index contributed by atoms with van der Waals surface area (Å²) < 4.78 is 6.47. The normalized spacial score (nSPS) is 11.3. The molecule has 3 heteroatoms. The van der Waals surface area contributed by atoms with Crippen LogP contribution in [0.3, 0.4) is 0 Å². The molecule has 0 amide bonds. The molecule has 0 spiro atoms. The quantitative estimate of drug-likeness (QED) is 0.187. The van der Waals surface area contributed by atoms with Crippen LogP contribution in [0.2, 0.25) is 0 Å². The summed E-state index contributed by atoms with van der Waals surface area (Å²) in [4.78, 5) is 7.04. The highest BCUT2D eigenvalue weighted by Gasteiger charge is 2.22. The van der Waals surface area contributed by atoms with Crippen molar-refractivity contribution in [2.45, 2.75) is 0 Å².